The van der Waals surface area contributed by atoms with E-state index in [0.29, 0.717) is 12.3 Å². The SMILES string of the molecule is COc1ccc(C(CN(C)C)C(O)(CC(C)C)c2ccc(OC)cc2)cc1.Cl. The van der Waals surface area contributed by atoms with Crippen LogP contribution in [0.5, 0.6) is 11.5 Å². The molecule has 5 heteroatoms. The van der Waals surface area contributed by atoms with Crippen LogP contribution < -0.4 is 9.47 Å². The van der Waals surface area contributed by atoms with Crippen LogP contribution in [-0.4, -0.2) is 44.9 Å². The van der Waals surface area contributed by atoms with Gasteiger partial charge in [-0.15, -0.1) is 12.4 Å². The predicted molar refractivity (Wildman–Crippen MR) is 118 cm³/mol. The number of benzene rings is 2. The van der Waals surface area contributed by atoms with Crippen LogP contribution in [0.3, 0.4) is 0 Å². The molecule has 0 aromatic heterocycles. The zero-order valence-electron chi connectivity index (χ0n) is 17.8. The van der Waals surface area contributed by atoms with Crippen LogP contribution in [0.25, 0.3) is 0 Å². The van der Waals surface area contributed by atoms with Gasteiger partial charge in [-0.25, -0.2) is 0 Å². The van der Waals surface area contributed by atoms with Gasteiger partial charge in [0.15, 0.2) is 0 Å². The highest BCUT2D eigenvalue weighted by molar-refractivity contribution is 5.85. The predicted octanol–water partition coefficient (Wildman–Crippen LogP) is 4.70. The zero-order chi connectivity index (χ0) is 20.0. The van der Waals surface area contributed by atoms with Crippen molar-refractivity contribution in [3.63, 3.8) is 0 Å². The van der Waals surface area contributed by atoms with Gasteiger partial charge >= 0.3 is 0 Å². The summed E-state index contributed by atoms with van der Waals surface area (Å²) in [7, 11) is 7.40. The Hall–Kier alpha value is -1.75. The number of hydrogen-bond donors (Lipinski definition) is 1. The number of hydrogen-bond acceptors (Lipinski definition) is 4. The van der Waals surface area contributed by atoms with Crippen LogP contribution in [-0.2, 0) is 5.60 Å². The number of methoxy groups -OCH3 is 2. The largest absolute Gasteiger partial charge is 0.497 e. The van der Waals surface area contributed by atoms with E-state index in [1.54, 1.807) is 14.2 Å². The molecule has 0 bridgehead atoms. The average Bonchev–Trinajstić information content (AvgIpc) is 2.65. The molecule has 0 aliphatic carbocycles. The Balaban J connectivity index is 0.00000392. The molecule has 0 heterocycles. The first kappa shape index (κ1) is 24.3. The van der Waals surface area contributed by atoms with Crippen molar-refractivity contribution in [2.45, 2.75) is 31.8 Å². The van der Waals surface area contributed by atoms with Gasteiger partial charge in [0.05, 0.1) is 19.8 Å². The number of aliphatic hydroxyl groups is 1. The van der Waals surface area contributed by atoms with Gasteiger partial charge in [0.2, 0.25) is 0 Å². The molecule has 2 aromatic carbocycles. The molecule has 0 fully saturated rings. The molecule has 0 saturated heterocycles. The van der Waals surface area contributed by atoms with Crippen molar-refractivity contribution >= 4 is 12.4 Å². The first-order chi connectivity index (χ1) is 12.8. The average molecular weight is 408 g/mol. The molecule has 0 aliphatic rings. The Morgan fingerprint density at radius 2 is 1.36 bits per heavy atom. The molecular formula is C23H34ClNO3. The normalized spacial score (nSPS) is 14.3. The topological polar surface area (TPSA) is 41.9 Å². The fraction of sp³-hybridized carbons (Fsp3) is 0.478. The Labute approximate surface area is 175 Å². The molecule has 2 aromatic rings. The van der Waals surface area contributed by atoms with Crippen LogP contribution in [0.15, 0.2) is 48.5 Å². The van der Waals surface area contributed by atoms with Gasteiger partial charge in [-0.1, -0.05) is 38.1 Å². The minimum atomic E-state index is -0.987. The molecule has 0 saturated carbocycles. The quantitative estimate of drug-likeness (QED) is 0.653. The van der Waals surface area contributed by atoms with Crippen LogP contribution in [0.4, 0.5) is 0 Å². The maximum atomic E-state index is 12.0. The van der Waals surface area contributed by atoms with E-state index < -0.39 is 5.60 Å². The third kappa shape index (κ3) is 5.87. The molecular weight excluding hydrogens is 374 g/mol. The van der Waals surface area contributed by atoms with Gasteiger partial charge in [0, 0.05) is 12.5 Å². The maximum absolute atomic E-state index is 12.0. The van der Waals surface area contributed by atoms with Gasteiger partial charge in [0.25, 0.3) is 0 Å². The van der Waals surface area contributed by atoms with E-state index >= 15 is 0 Å². The van der Waals surface area contributed by atoms with Crippen molar-refractivity contribution in [1.82, 2.24) is 4.90 Å². The minimum absolute atomic E-state index is 0. The van der Waals surface area contributed by atoms with E-state index in [9.17, 15) is 5.11 Å². The molecule has 28 heavy (non-hydrogen) atoms. The van der Waals surface area contributed by atoms with Crippen molar-refractivity contribution < 1.29 is 14.6 Å². The van der Waals surface area contributed by atoms with E-state index in [2.05, 4.69) is 30.9 Å². The Morgan fingerprint density at radius 3 is 1.75 bits per heavy atom. The van der Waals surface area contributed by atoms with E-state index in [4.69, 9.17) is 9.47 Å². The zero-order valence-corrected chi connectivity index (χ0v) is 18.6. The lowest BCUT2D eigenvalue weighted by Gasteiger charge is -2.40. The summed E-state index contributed by atoms with van der Waals surface area (Å²) >= 11 is 0. The van der Waals surface area contributed by atoms with Gasteiger partial charge in [-0.3, -0.25) is 0 Å². The highest BCUT2D eigenvalue weighted by Crippen LogP contribution is 2.43. The number of nitrogens with zero attached hydrogens (tertiary/aromatic N) is 1. The van der Waals surface area contributed by atoms with Gasteiger partial charge in [-0.2, -0.15) is 0 Å². The molecule has 1 N–H and O–H groups in total. The molecule has 0 radical (unpaired) electrons. The van der Waals surface area contributed by atoms with Gasteiger partial charge < -0.3 is 19.5 Å². The number of rotatable bonds is 9. The van der Waals surface area contributed by atoms with Gasteiger partial charge in [0.1, 0.15) is 11.5 Å². The second kappa shape index (κ2) is 10.7. The monoisotopic (exact) mass is 407 g/mol. The van der Waals surface area contributed by atoms with Crippen molar-refractivity contribution in [2.24, 2.45) is 5.92 Å². The molecule has 0 spiro atoms. The molecule has 156 valence electrons. The number of ether oxygens (including phenoxy) is 2. The minimum Gasteiger partial charge on any atom is -0.497 e. The molecule has 2 rings (SSSR count). The van der Waals surface area contributed by atoms with Crippen molar-refractivity contribution in [2.75, 3.05) is 34.9 Å². The fourth-order valence-electron chi connectivity index (χ4n) is 3.70. The summed E-state index contributed by atoms with van der Waals surface area (Å²) < 4.78 is 10.6. The van der Waals surface area contributed by atoms with Crippen LogP contribution in [0, 0.1) is 5.92 Å². The van der Waals surface area contributed by atoms with E-state index in [1.807, 2.05) is 50.5 Å². The second-order valence-electron chi connectivity index (χ2n) is 7.84. The third-order valence-electron chi connectivity index (χ3n) is 4.95. The van der Waals surface area contributed by atoms with E-state index in [0.717, 1.165) is 29.2 Å². The van der Waals surface area contributed by atoms with E-state index in [1.165, 1.54) is 0 Å². The smallest absolute Gasteiger partial charge is 0.118 e. The molecule has 0 amide bonds. The van der Waals surface area contributed by atoms with Crippen molar-refractivity contribution in [1.29, 1.82) is 0 Å². The highest BCUT2D eigenvalue weighted by Gasteiger charge is 2.40. The lowest BCUT2D eigenvalue weighted by Crippen LogP contribution is -2.40. The first-order valence-electron chi connectivity index (χ1n) is 9.45. The molecule has 2 unspecified atom stereocenters. The summed E-state index contributed by atoms with van der Waals surface area (Å²) in [6.07, 6.45) is 0.671. The Kier molecular flexibility index (Phi) is 9.28. The standard InChI is InChI=1S/C23H33NO3.ClH/c1-17(2)15-23(25,19-9-13-21(27-6)14-10-19)22(16-24(3)4)18-7-11-20(26-5)12-8-18;/h7-14,17,22,25H,15-16H2,1-6H3;1H. The van der Waals surface area contributed by atoms with Crippen molar-refractivity contribution in [3.8, 4) is 11.5 Å². The highest BCUT2D eigenvalue weighted by atomic mass is 35.5. The van der Waals surface area contributed by atoms with E-state index in [-0.39, 0.29) is 18.3 Å². The van der Waals surface area contributed by atoms with Crippen LogP contribution >= 0.6 is 12.4 Å². The first-order valence-corrected chi connectivity index (χ1v) is 9.45. The summed E-state index contributed by atoms with van der Waals surface area (Å²) in [5.74, 6) is 1.88. The summed E-state index contributed by atoms with van der Waals surface area (Å²) in [5, 5.41) is 12.0. The summed E-state index contributed by atoms with van der Waals surface area (Å²) in [6, 6.07) is 15.8. The summed E-state index contributed by atoms with van der Waals surface area (Å²) in [4.78, 5) is 2.13. The lowest BCUT2D eigenvalue weighted by molar-refractivity contribution is -0.0195. The summed E-state index contributed by atoms with van der Waals surface area (Å²) in [5.41, 5.74) is 1.03. The number of likely N-dealkylation sites (N-methyl/N-ethyl adjacent to an activating group) is 1. The third-order valence-corrected chi connectivity index (χ3v) is 4.95. The fourth-order valence-corrected chi connectivity index (χ4v) is 3.70. The Bertz CT molecular complexity index is 701. The van der Waals surface area contributed by atoms with Crippen LogP contribution in [0.1, 0.15) is 37.3 Å². The summed E-state index contributed by atoms with van der Waals surface area (Å²) in [6.45, 7) is 5.03. The second-order valence-corrected chi connectivity index (χ2v) is 7.84. The maximum Gasteiger partial charge on any atom is 0.118 e. The Morgan fingerprint density at radius 1 is 0.893 bits per heavy atom. The number of halogens is 1. The molecule has 2 atom stereocenters. The van der Waals surface area contributed by atoms with Crippen molar-refractivity contribution in [3.05, 3.63) is 59.7 Å². The molecule has 4 nitrogen and oxygen atoms in total. The molecule has 0 aliphatic heterocycles. The van der Waals surface area contributed by atoms with Gasteiger partial charge in [-0.05, 0) is 61.8 Å². The van der Waals surface area contributed by atoms with Crippen LogP contribution in [0.2, 0.25) is 0 Å². The lowest BCUT2D eigenvalue weighted by atomic mass is 9.72.